The number of benzene rings is 2. The average molecular weight is 323 g/mol. The standard InChI is InChI=1S/C21H25NO2/c1-21(2,3)17-10-12-18(13-11-17)24-15-20(23)22-14-6-8-16-7-4-5-9-19(16)22/h4-5,7,9-13H,6,8,14-15H2,1-3H3. The Kier molecular flexibility index (Phi) is 4.61. The Hall–Kier alpha value is -2.29. The van der Waals surface area contributed by atoms with E-state index in [1.54, 1.807) is 0 Å². The van der Waals surface area contributed by atoms with Crippen LogP contribution in [-0.4, -0.2) is 19.1 Å². The summed E-state index contributed by atoms with van der Waals surface area (Å²) in [7, 11) is 0. The van der Waals surface area contributed by atoms with E-state index in [-0.39, 0.29) is 17.9 Å². The summed E-state index contributed by atoms with van der Waals surface area (Å²) in [5.74, 6) is 0.753. The first kappa shape index (κ1) is 16.6. The van der Waals surface area contributed by atoms with Gasteiger partial charge in [0.15, 0.2) is 6.61 Å². The summed E-state index contributed by atoms with van der Waals surface area (Å²) in [6, 6.07) is 16.1. The summed E-state index contributed by atoms with van der Waals surface area (Å²) in [5.41, 5.74) is 3.64. The van der Waals surface area contributed by atoms with Gasteiger partial charge in [0.25, 0.3) is 5.91 Å². The minimum atomic E-state index is 0.0158. The predicted octanol–water partition coefficient (Wildman–Crippen LogP) is 4.34. The van der Waals surface area contributed by atoms with Crippen molar-refractivity contribution in [1.82, 2.24) is 0 Å². The molecule has 3 heteroatoms. The summed E-state index contributed by atoms with van der Waals surface area (Å²) < 4.78 is 5.71. The highest BCUT2D eigenvalue weighted by molar-refractivity contribution is 5.95. The maximum atomic E-state index is 12.6. The first-order chi connectivity index (χ1) is 11.4. The van der Waals surface area contributed by atoms with E-state index >= 15 is 0 Å². The molecule has 24 heavy (non-hydrogen) atoms. The van der Waals surface area contributed by atoms with Gasteiger partial charge in [-0.1, -0.05) is 51.1 Å². The van der Waals surface area contributed by atoms with Crippen LogP contribution >= 0.6 is 0 Å². The lowest BCUT2D eigenvalue weighted by Crippen LogP contribution is -2.38. The molecular weight excluding hydrogens is 298 g/mol. The Morgan fingerprint density at radius 3 is 2.50 bits per heavy atom. The zero-order chi connectivity index (χ0) is 17.2. The van der Waals surface area contributed by atoms with Gasteiger partial charge in [-0.3, -0.25) is 4.79 Å². The number of carbonyl (C=O) groups excluding carboxylic acids is 1. The van der Waals surface area contributed by atoms with Crippen LogP contribution < -0.4 is 9.64 Å². The Labute approximate surface area is 144 Å². The van der Waals surface area contributed by atoms with E-state index in [1.165, 1.54) is 11.1 Å². The zero-order valence-electron chi connectivity index (χ0n) is 14.7. The van der Waals surface area contributed by atoms with E-state index in [2.05, 4.69) is 39.0 Å². The zero-order valence-corrected chi connectivity index (χ0v) is 14.7. The summed E-state index contributed by atoms with van der Waals surface area (Å²) >= 11 is 0. The molecular formula is C21H25NO2. The van der Waals surface area contributed by atoms with E-state index in [0.29, 0.717) is 0 Å². The molecule has 0 spiro atoms. The SMILES string of the molecule is CC(C)(C)c1ccc(OCC(=O)N2CCCc3ccccc32)cc1. The molecule has 3 rings (SSSR count). The number of aryl methyl sites for hydroxylation is 1. The van der Waals surface area contributed by atoms with Gasteiger partial charge in [-0.2, -0.15) is 0 Å². The van der Waals surface area contributed by atoms with E-state index in [1.807, 2.05) is 35.2 Å². The smallest absolute Gasteiger partial charge is 0.264 e. The van der Waals surface area contributed by atoms with E-state index in [4.69, 9.17) is 4.74 Å². The van der Waals surface area contributed by atoms with Crippen LogP contribution in [0.25, 0.3) is 0 Å². The monoisotopic (exact) mass is 323 g/mol. The number of carbonyl (C=O) groups is 1. The van der Waals surface area contributed by atoms with Crippen LogP contribution in [0, 0.1) is 0 Å². The first-order valence-corrected chi connectivity index (χ1v) is 8.57. The molecule has 0 saturated carbocycles. The Balaban J connectivity index is 1.64. The number of hydrogen-bond acceptors (Lipinski definition) is 2. The van der Waals surface area contributed by atoms with Crippen molar-refractivity contribution < 1.29 is 9.53 Å². The summed E-state index contributed by atoms with van der Waals surface area (Å²) in [5, 5.41) is 0. The third-order valence-corrected chi connectivity index (χ3v) is 4.49. The number of fused-ring (bicyclic) bond motifs is 1. The Morgan fingerprint density at radius 2 is 1.79 bits per heavy atom. The lowest BCUT2D eigenvalue weighted by Gasteiger charge is -2.29. The molecule has 1 aliphatic heterocycles. The number of hydrogen-bond donors (Lipinski definition) is 0. The minimum Gasteiger partial charge on any atom is -0.484 e. The molecule has 0 radical (unpaired) electrons. The van der Waals surface area contributed by atoms with Gasteiger partial charge in [-0.25, -0.2) is 0 Å². The molecule has 126 valence electrons. The number of ether oxygens (including phenoxy) is 1. The van der Waals surface area contributed by atoms with Crippen LogP contribution in [0.1, 0.15) is 38.3 Å². The molecule has 0 fully saturated rings. The highest BCUT2D eigenvalue weighted by atomic mass is 16.5. The fourth-order valence-electron chi connectivity index (χ4n) is 3.07. The number of rotatable bonds is 3. The van der Waals surface area contributed by atoms with Crippen molar-refractivity contribution in [3.05, 3.63) is 59.7 Å². The molecule has 2 aromatic carbocycles. The fraction of sp³-hybridized carbons (Fsp3) is 0.381. The molecule has 0 aliphatic carbocycles. The van der Waals surface area contributed by atoms with Crippen LogP contribution in [0.15, 0.2) is 48.5 Å². The topological polar surface area (TPSA) is 29.5 Å². The second-order valence-electron chi connectivity index (χ2n) is 7.34. The largest absolute Gasteiger partial charge is 0.484 e. The minimum absolute atomic E-state index is 0.0158. The van der Waals surface area contributed by atoms with E-state index in [9.17, 15) is 4.79 Å². The molecule has 0 N–H and O–H groups in total. The van der Waals surface area contributed by atoms with Crippen molar-refractivity contribution in [3.8, 4) is 5.75 Å². The van der Waals surface area contributed by atoms with Crippen molar-refractivity contribution in [2.24, 2.45) is 0 Å². The number of anilines is 1. The van der Waals surface area contributed by atoms with E-state index in [0.717, 1.165) is 30.8 Å². The van der Waals surface area contributed by atoms with Crippen LogP contribution in [0.4, 0.5) is 5.69 Å². The van der Waals surface area contributed by atoms with Gasteiger partial charge in [0.2, 0.25) is 0 Å². The van der Waals surface area contributed by atoms with Gasteiger partial charge in [-0.15, -0.1) is 0 Å². The predicted molar refractivity (Wildman–Crippen MR) is 97.8 cm³/mol. The van der Waals surface area contributed by atoms with Crippen molar-refractivity contribution in [1.29, 1.82) is 0 Å². The third-order valence-electron chi connectivity index (χ3n) is 4.49. The summed E-state index contributed by atoms with van der Waals surface area (Å²) in [4.78, 5) is 14.4. The molecule has 1 amide bonds. The second-order valence-corrected chi connectivity index (χ2v) is 7.34. The summed E-state index contributed by atoms with van der Waals surface area (Å²) in [6.07, 6.45) is 2.04. The molecule has 0 unspecified atom stereocenters. The molecule has 0 saturated heterocycles. The molecule has 0 aromatic heterocycles. The number of amides is 1. The maximum absolute atomic E-state index is 12.6. The second kappa shape index (κ2) is 6.68. The number of para-hydroxylation sites is 1. The Morgan fingerprint density at radius 1 is 1.08 bits per heavy atom. The average Bonchev–Trinajstić information content (AvgIpc) is 2.59. The van der Waals surface area contributed by atoms with Gasteiger partial charge < -0.3 is 9.64 Å². The van der Waals surface area contributed by atoms with Gasteiger partial charge >= 0.3 is 0 Å². The van der Waals surface area contributed by atoms with Gasteiger partial charge in [0, 0.05) is 12.2 Å². The lowest BCUT2D eigenvalue weighted by molar-refractivity contribution is -0.120. The third kappa shape index (κ3) is 3.61. The van der Waals surface area contributed by atoms with Crippen LogP contribution in [0.3, 0.4) is 0 Å². The molecule has 0 atom stereocenters. The quantitative estimate of drug-likeness (QED) is 0.841. The van der Waals surface area contributed by atoms with Crippen molar-refractivity contribution >= 4 is 11.6 Å². The highest BCUT2D eigenvalue weighted by Gasteiger charge is 2.22. The van der Waals surface area contributed by atoms with Crippen LogP contribution in [-0.2, 0) is 16.6 Å². The van der Waals surface area contributed by atoms with Gasteiger partial charge in [-0.05, 0) is 47.6 Å². The molecule has 0 bridgehead atoms. The van der Waals surface area contributed by atoms with E-state index < -0.39 is 0 Å². The normalized spacial score (nSPS) is 14.2. The van der Waals surface area contributed by atoms with Crippen molar-refractivity contribution in [2.45, 2.75) is 39.0 Å². The van der Waals surface area contributed by atoms with Gasteiger partial charge in [0.05, 0.1) is 0 Å². The van der Waals surface area contributed by atoms with Crippen molar-refractivity contribution in [3.63, 3.8) is 0 Å². The Bertz CT molecular complexity index is 713. The highest BCUT2D eigenvalue weighted by Crippen LogP contribution is 2.27. The fourth-order valence-corrected chi connectivity index (χ4v) is 3.07. The molecule has 2 aromatic rings. The molecule has 3 nitrogen and oxygen atoms in total. The lowest BCUT2D eigenvalue weighted by atomic mass is 9.87. The van der Waals surface area contributed by atoms with Crippen LogP contribution in [0.2, 0.25) is 0 Å². The molecule has 1 aliphatic rings. The van der Waals surface area contributed by atoms with Crippen LogP contribution in [0.5, 0.6) is 5.75 Å². The first-order valence-electron chi connectivity index (χ1n) is 8.57. The van der Waals surface area contributed by atoms with Crippen molar-refractivity contribution in [2.75, 3.05) is 18.1 Å². The molecule has 1 heterocycles. The van der Waals surface area contributed by atoms with Gasteiger partial charge in [0.1, 0.15) is 5.75 Å². The summed E-state index contributed by atoms with van der Waals surface area (Å²) in [6.45, 7) is 7.38. The number of nitrogens with zero attached hydrogens (tertiary/aromatic N) is 1. The maximum Gasteiger partial charge on any atom is 0.264 e.